The van der Waals surface area contributed by atoms with Gasteiger partial charge in [-0.2, -0.15) is 13.2 Å². The van der Waals surface area contributed by atoms with Crippen molar-refractivity contribution in [2.45, 2.75) is 12.7 Å². The Bertz CT molecular complexity index is 654. The zero-order valence-corrected chi connectivity index (χ0v) is 10.5. The average Bonchev–Trinajstić information content (AvgIpc) is 2.42. The molecule has 0 heterocycles. The molecular weight excluding hydrogens is 293 g/mol. The number of alkyl halides is 3. The molecule has 0 aromatic heterocycles. The van der Waals surface area contributed by atoms with Gasteiger partial charge >= 0.3 is 6.18 Å². The SMILES string of the molecule is NCc1cc(C(F)(F)F)ccc1Oc1cc(F)ccc1F. The number of ether oxygens (including phenoxy) is 1. The fourth-order valence-electron chi connectivity index (χ4n) is 1.69. The Labute approximate surface area is 116 Å². The van der Waals surface area contributed by atoms with E-state index in [9.17, 15) is 22.0 Å². The fraction of sp³-hybridized carbons (Fsp3) is 0.143. The molecular formula is C14H10F5NO. The van der Waals surface area contributed by atoms with Crippen LogP contribution in [-0.4, -0.2) is 0 Å². The van der Waals surface area contributed by atoms with Gasteiger partial charge in [0, 0.05) is 18.2 Å². The maximum Gasteiger partial charge on any atom is 0.416 e. The summed E-state index contributed by atoms with van der Waals surface area (Å²) in [6.45, 7) is -0.240. The molecule has 2 aromatic rings. The lowest BCUT2D eigenvalue weighted by atomic mass is 10.1. The average molecular weight is 303 g/mol. The van der Waals surface area contributed by atoms with Crippen molar-refractivity contribution in [3.05, 3.63) is 59.2 Å². The van der Waals surface area contributed by atoms with Crippen molar-refractivity contribution in [3.63, 3.8) is 0 Å². The highest BCUT2D eigenvalue weighted by molar-refractivity contribution is 5.41. The molecule has 0 unspecified atom stereocenters. The quantitative estimate of drug-likeness (QED) is 0.861. The Morgan fingerprint density at radius 2 is 1.67 bits per heavy atom. The second kappa shape index (κ2) is 5.69. The third-order valence-corrected chi connectivity index (χ3v) is 2.72. The van der Waals surface area contributed by atoms with Gasteiger partial charge in [0.05, 0.1) is 5.56 Å². The molecule has 112 valence electrons. The lowest BCUT2D eigenvalue weighted by Gasteiger charge is -2.13. The van der Waals surface area contributed by atoms with Crippen LogP contribution < -0.4 is 10.5 Å². The van der Waals surface area contributed by atoms with Crippen molar-refractivity contribution >= 4 is 0 Å². The van der Waals surface area contributed by atoms with E-state index < -0.39 is 29.1 Å². The van der Waals surface area contributed by atoms with E-state index in [0.717, 1.165) is 36.4 Å². The van der Waals surface area contributed by atoms with Gasteiger partial charge in [-0.15, -0.1) is 0 Å². The number of hydrogen-bond donors (Lipinski definition) is 1. The zero-order valence-electron chi connectivity index (χ0n) is 10.5. The third kappa shape index (κ3) is 3.49. The molecule has 0 aliphatic rings. The lowest BCUT2D eigenvalue weighted by Crippen LogP contribution is -2.08. The summed E-state index contributed by atoms with van der Waals surface area (Å²) < 4.78 is 69.4. The second-order valence-corrected chi connectivity index (χ2v) is 4.20. The molecule has 0 atom stereocenters. The summed E-state index contributed by atoms with van der Waals surface area (Å²) in [5, 5.41) is 0. The topological polar surface area (TPSA) is 35.2 Å². The van der Waals surface area contributed by atoms with Gasteiger partial charge in [-0.25, -0.2) is 8.78 Å². The van der Waals surface area contributed by atoms with Crippen LogP contribution in [0.1, 0.15) is 11.1 Å². The van der Waals surface area contributed by atoms with Crippen LogP contribution >= 0.6 is 0 Å². The van der Waals surface area contributed by atoms with Crippen molar-refractivity contribution in [3.8, 4) is 11.5 Å². The van der Waals surface area contributed by atoms with Crippen LogP contribution in [0.4, 0.5) is 22.0 Å². The molecule has 0 aliphatic heterocycles. The van der Waals surface area contributed by atoms with Crippen molar-refractivity contribution in [1.82, 2.24) is 0 Å². The fourth-order valence-corrected chi connectivity index (χ4v) is 1.69. The monoisotopic (exact) mass is 303 g/mol. The highest BCUT2D eigenvalue weighted by Gasteiger charge is 2.31. The molecule has 0 saturated heterocycles. The summed E-state index contributed by atoms with van der Waals surface area (Å²) >= 11 is 0. The predicted molar refractivity (Wildman–Crippen MR) is 65.8 cm³/mol. The van der Waals surface area contributed by atoms with Gasteiger partial charge in [0.25, 0.3) is 0 Å². The van der Waals surface area contributed by atoms with Crippen LogP contribution in [0.15, 0.2) is 36.4 Å². The van der Waals surface area contributed by atoms with Crippen LogP contribution in [-0.2, 0) is 12.7 Å². The summed E-state index contributed by atoms with van der Waals surface area (Å²) in [4.78, 5) is 0. The predicted octanol–water partition coefficient (Wildman–Crippen LogP) is 4.23. The summed E-state index contributed by atoms with van der Waals surface area (Å²) in [5.41, 5.74) is 4.51. The number of rotatable bonds is 3. The molecule has 0 aliphatic carbocycles. The minimum Gasteiger partial charge on any atom is -0.454 e. The normalized spacial score (nSPS) is 11.5. The number of nitrogens with two attached hydrogens (primary N) is 1. The van der Waals surface area contributed by atoms with E-state index in [1.807, 2.05) is 0 Å². The van der Waals surface area contributed by atoms with Crippen LogP contribution in [0.5, 0.6) is 11.5 Å². The largest absolute Gasteiger partial charge is 0.454 e. The summed E-state index contributed by atoms with van der Waals surface area (Å²) in [6.07, 6.45) is -4.52. The van der Waals surface area contributed by atoms with E-state index in [2.05, 4.69) is 0 Å². The van der Waals surface area contributed by atoms with Gasteiger partial charge in [-0.1, -0.05) is 0 Å². The van der Waals surface area contributed by atoms with E-state index in [1.165, 1.54) is 0 Å². The molecule has 0 spiro atoms. The standard InChI is InChI=1S/C14H10F5NO/c15-10-2-3-11(16)13(6-10)21-12-4-1-9(14(17,18)19)5-8(12)7-20/h1-6H,7,20H2. The lowest BCUT2D eigenvalue weighted by molar-refractivity contribution is -0.137. The Kier molecular flexibility index (Phi) is 4.13. The first-order valence-corrected chi connectivity index (χ1v) is 5.84. The molecule has 0 saturated carbocycles. The Morgan fingerprint density at radius 1 is 0.952 bits per heavy atom. The molecule has 2 nitrogen and oxygen atoms in total. The molecule has 2 aromatic carbocycles. The summed E-state index contributed by atoms with van der Waals surface area (Å²) in [6, 6.07) is 5.18. The first-order valence-electron chi connectivity index (χ1n) is 5.84. The molecule has 21 heavy (non-hydrogen) atoms. The second-order valence-electron chi connectivity index (χ2n) is 4.20. The van der Waals surface area contributed by atoms with E-state index >= 15 is 0 Å². The van der Waals surface area contributed by atoms with Crippen molar-refractivity contribution < 1.29 is 26.7 Å². The van der Waals surface area contributed by atoms with Crippen LogP contribution in [0.3, 0.4) is 0 Å². The number of hydrogen-bond acceptors (Lipinski definition) is 2. The van der Waals surface area contributed by atoms with E-state index in [4.69, 9.17) is 10.5 Å². The maximum absolute atomic E-state index is 13.5. The minimum atomic E-state index is -4.52. The highest BCUT2D eigenvalue weighted by atomic mass is 19.4. The molecule has 7 heteroatoms. The molecule has 2 N–H and O–H groups in total. The van der Waals surface area contributed by atoms with Crippen LogP contribution in [0, 0.1) is 11.6 Å². The number of halogens is 5. The minimum absolute atomic E-state index is 0.0356. The highest BCUT2D eigenvalue weighted by Crippen LogP contribution is 2.34. The van der Waals surface area contributed by atoms with Gasteiger partial charge in [-0.05, 0) is 30.3 Å². The molecule has 0 radical (unpaired) electrons. The van der Waals surface area contributed by atoms with Gasteiger partial charge in [0.15, 0.2) is 11.6 Å². The molecule has 2 rings (SSSR count). The molecule has 0 bridgehead atoms. The Morgan fingerprint density at radius 3 is 2.29 bits per heavy atom. The van der Waals surface area contributed by atoms with Crippen LogP contribution in [0.25, 0.3) is 0 Å². The van der Waals surface area contributed by atoms with Gasteiger partial charge in [-0.3, -0.25) is 0 Å². The number of benzene rings is 2. The van der Waals surface area contributed by atoms with Gasteiger partial charge in [0.1, 0.15) is 11.6 Å². The Hall–Kier alpha value is -2.15. The van der Waals surface area contributed by atoms with E-state index in [-0.39, 0.29) is 17.9 Å². The Balaban J connectivity index is 2.38. The maximum atomic E-state index is 13.5. The van der Waals surface area contributed by atoms with Crippen molar-refractivity contribution in [2.75, 3.05) is 0 Å². The zero-order chi connectivity index (χ0) is 15.6. The summed E-state index contributed by atoms with van der Waals surface area (Å²) in [7, 11) is 0. The van der Waals surface area contributed by atoms with Crippen molar-refractivity contribution in [1.29, 1.82) is 0 Å². The van der Waals surface area contributed by atoms with Gasteiger partial charge < -0.3 is 10.5 Å². The first-order chi connectivity index (χ1) is 9.81. The molecule has 0 fully saturated rings. The smallest absolute Gasteiger partial charge is 0.416 e. The van der Waals surface area contributed by atoms with E-state index in [1.54, 1.807) is 0 Å². The third-order valence-electron chi connectivity index (χ3n) is 2.72. The van der Waals surface area contributed by atoms with Crippen molar-refractivity contribution in [2.24, 2.45) is 5.73 Å². The summed E-state index contributed by atoms with van der Waals surface area (Å²) in [5.74, 6) is -2.05. The van der Waals surface area contributed by atoms with Gasteiger partial charge in [0.2, 0.25) is 0 Å². The first kappa shape index (κ1) is 15.2. The van der Waals surface area contributed by atoms with E-state index in [0.29, 0.717) is 0 Å². The van der Waals surface area contributed by atoms with Crippen LogP contribution in [0.2, 0.25) is 0 Å². The molecule has 0 amide bonds.